The molecule has 3 aliphatic heterocycles. The first-order valence-corrected chi connectivity index (χ1v) is 11.7. The molecule has 3 aliphatic rings. The lowest BCUT2D eigenvalue weighted by molar-refractivity contribution is -0.137. The molecule has 12 heteroatoms. The van der Waals surface area contributed by atoms with Crippen LogP contribution in [0.15, 0.2) is 18.3 Å². The minimum Gasteiger partial charge on any atom is -0.384 e. The number of anilines is 2. The van der Waals surface area contributed by atoms with E-state index in [0.717, 1.165) is 61.8 Å². The average molecular weight is 489 g/mol. The molecule has 0 saturated carbocycles. The van der Waals surface area contributed by atoms with E-state index in [1.807, 2.05) is 11.8 Å². The number of likely N-dealkylation sites (tertiary alicyclic amines) is 1. The van der Waals surface area contributed by atoms with Gasteiger partial charge in [0.1, 0.15) is 11.3 Å². The van der Waals surface area contributed by atoms with Crippen LogP contribution in [0.3, 0.4) is 0 Å². The molecule has 3 aromatic rings. The van der Waals surface area contributed by atoms with Gasteiger partial charge in [0.2, 0.25) is 0 Å². The maximum absolute atomic E-state index is 13.9. The number of morpholine rings is 1. The summed E-state index contributed by atoms with van der Waals surface area (Å²) < 4.78 is 48.8. The summed E-state index contributed by atoms with van der Waals surface area (Å²) in [5, 5.41) is 7.92. The van der Waals surface area contributed by atoms with Crippen molar-refractivity contribution < 1.29 is 17.9 Å². The van der Waals surface area contributed by atoms with Gasteiger partial charge < -0.3 is 20.7 Å². The van der Waals surface area contributed by atoms with Crippen molar-refractivity contribution in [2.24, 2.45) is 5.41 Å². The summed E-state index contributed by atoms with van der Waals surface area (Å²) >= 11 is 0. The van der Waals surface area contributed by atoms with Gasteiger partial charge in [0.05, 0.1) is 24.3 Å². The van der Waals surface area contributed by atoms with Crippen molar-refractivity contribution in [3.8, 4) is 11.4 Å². The van der Waals surface area contributed by atoms with E-state index in [2.05, 4.69) is 31.3 Å². The maximum atomic E-state index is 13.9. The Bertz CT molecular complexity index is 1270. The summed E-state index contributed by atoms with van der Waals surface area (Å²) in [6, 6.07) is 2.90. The van der Waals surface area contributed by atoms with E-state index in [4.69, 9.17) is 10.5 Å². The van der Waals surface area contributed by atoms with Crippen molar-refractivity contribution in [1.29, 1.82) is 0 Å². The van der Waals surface area contributed by atoms with Gasteiger partial charge in [-0.3, -0.25) is 4.90 Å². The van der Waals surface area contributed by atoms with E-state index >= 15 is 0 Å². The van der Waals surface area contributed by atoms with E-state index in [1.54, 1.807) is 4.52 Å². The number of nitrogens with two attached hydrogens (primary N) is 1. The number of fused-ring (bicyclic) bond motifs is 1. The van der Waals surface area contributed by atoms with Crippen LogP contribution in [0.1, 0.15) is 16.8 Å². The summed E-state index contributed by atoms with van der Waals surface area (Å²) in [5.41, 5.74) is 7.66. The second-order valence-electron chi connectivity index (χ2n) is 9.81. The molecule has 6 rings (SSSR count). The van der Waals surface area contributed by atoms with Gasteiger partial charge in [0.15, 0.2) is 11.6 Å². The molecule has 35 heavy (non-hydrogen) atoms. The minimum atomic E-state index is -4.62. The fourth-order valence-corrected chi connectivity index (χ4v) is 5.33. The van der Waals surface area contributed by atoms with Gasteiger partial charge in [0, 0.05) is 63.1 Å². The first-order chi connectivity index (χ1) is 16.7. The fourth-order valence-electron chi connectivity index (χ4n) is 5.33. The highest BCUT2D eigenvalue weighted by molar-refractivity contribution is 5.74. The molecule has 0 atom stereocenters. The van der Waals surface area contributed by atoms with E-state index in [0.29, 0.717) is 37.5 Å². The Kier molecular flexibility index (Phi) is 5.17. The van der Waals surface area contributed by atoms with E-state index in [1.165, 1.54) is 0 Å². The zero-order chi connectivity index (χ0) is 24.4. The minimum absolute atomic E-state index is 0.0347. The molecule has 0 unspecified atom stereocenters. The Morgan fingerprint density at radius 1 is 1.17 bits per heavy atom. The van der Waals surface area contributed by atoms with Crippen LogP contribution in [-0.2, 0) is 17.5 Å². The number of alkyl halides is 3. The van der Waals surface area contributed by atoms with E-state index in [9.17, 15) is 13.2 Å². The Morgan fingerprint density at radius 2 is 1.91 bits per heavy atom. The molecule has 3 fully saturated rings. The monoisotopic (exact) mass is 488 g/mol. The fraction of sp³-hybridized carbons (Fsp3) is 0.522. The summed E-state index contributed by atoms with van der Waals surface area (Å²) in [6.45, 7) is 9.19. The lowest BCUT2D eigenvalue weighted by Gasteiger charge is -2.56. The quantitative estimate of drug-likeness (QED) is 0.575. The highest BCUT2D eigenvalue weighted by atomic mass is 19.4. The van der Waals surface area contributed by atoms with Crippen LogP contribution in [0.4, 0.5) is 24.8 Å². The van der Waals surface area contributed by atoms with Crippen molar-refractivity contribution in [3.63, 3.8) is 0 Å². The number of nitrogen functional groups attached to an aromatic ring is 1. The summed E-state index contributed by atoms with van der Waals surface area (Å²) in [4.78, 5) is 13.0. The Hall–Kier alpha value is -2.96. The lowest BCUT2D eigenvalue weighted by Crippen LogP contribution is -2.70. The van der Waals surface area contributed by atoms with Crippen molar-refractivity contribution in [1.82, 2.24) is 29.8 Å². The third-order valence-electron chi connectivity index (χ3n) is 7.25. The smallest absolute Gasteiger partial charge is 0.384 e. The highest BCUT2D eigenvalue weighted by Crippen LogP contribution is 2.39. The average Bonchev–Trinajstić information content (AvgIpc) is 3.09. The SMILES string of the molecule is Cc1c(CN2CC3(CNC3)C2)cc2c(N3CCOCC3)nc(-c3cnc(N)cc3C(F)(F)F)nn12. The van der Waals surface area contributed by atoms with Gasteiger partial charge in [-0.2, -0.15) is 13.2 Å². The number of hydrogen-bond donors (Lipinski definition) is 2. The van der Waals surface area contributed by atoms with Crippen molar-refractivity contribution in [2.75, 3.05) is 63.1 Å². The molecule has 3 aromatic heterocycles. The predicted octanol–water partition coefficient (Wildman–Crippen LogP) is 1.94. The summed E-state index contributed by atoms with van der Waals surface area (Å²) in [6.07, 6.45) is -3.51. The molecule has 6 heterocycles. The number of ether oxygens (including phenoxy) is 1. The van der Waals surface area contributed by atoms with Crippen molar-refractivity contribution in [3.05, 3.63) is 35.2 Å². The summed E-state index contributed by atoms with van der Waals surface area (Å²) in [7, 11) is 0. The molecule has 3 N–H and O–H groups in total. The second-order valence-corrected chi connectivity index (χ2v) is 9.81. The predicted molar refractivity (Wildman–Crippen MR) is 124 cm³/mol. The summed E-state index contributed by atoms with van der Waals surface area (Å²) in [5.74, 6) is 0.359. The van der Waals surface area contributed by atoms with E-state index < -0.39 is 11.7 Å². The molecule has 9 nitrogen and oxygen atoms in total. The number of aryl methyl sites for hydroxylation is 1. The van der Waals surface area contributed by atoms with Crippen molar-refractivity contribution >= 4 is 17.2 Å². The number of nitrogens with zero attached hydrogens (tertiary/aromatic N) is 6. The van der Waals surface area contributed by atoms with Crippen LogP contribution in [0.5, 0.6) is 0 Å². The van der Waals surface area contributed by atoms with Gasteiger partial charge >= 0.3 is 6.18 Å². The molecule has 0 bridgehead atoms. The number of aromatic nitrogens is 4. The zero-order valence-corrected chi connectivity index (χ0v) is 19.4. The third kappa shape index (κ3) is 3.89. The standard InChI is InChI=1S/C23H27F3N8O/c1-14-15(9-32-12-22(13-32)10-28-11-22)6-18-21(33-2-4-35-5-3-33)30-20(31-34(14)18)16-8-29-19(27)7-17(16)23(24,25)26/h6-8,28H,2-5,9-13H2,1H3,(H2,27,29). The van der Waals surface area contributed by atoms with Gasteiger partial charge in [-0.05, 0) is 24.6 Å². The lowest BCUT2D eigenvalue weighted by atomic mass is 9.74. The molecule has 0 radical (unpaired) electrons. The van der Waals surface area contributed by atoms with Crippen LogP contribution in [-0.4, -0.2) is 77.0 Å². The van der Waals surface area contributed by atoms with Crippen molar-refractivity contribution in [2.45, 2.75) is 19.6 Å². The van der Waals surface area contributed by atoms with Crippen LogP contribution < -0.4 is 16.0 Å². The van der Waals surface area contributed by atoms with Crippen LogP contribution in [0.2, 0.25) is 0 Å². The molecule has 0 aliphatic carbocycles. The third-order valence-corrected chi connectivity index (χ3v) is 7.25. The van der Waals surface area contributed by atoms with Crippen LogP contribution in [0.25, 0.3) is 16.9 Å². The van der Waals surface area contributed by atoms with Gasteiger partial charge in [-0.15, -0.1) is 5.10 Å². The molecule has 1 spiro atoms. The molecule has 3 saturated heterocycles. The molecule has 186 valence electrons. The van der Waals surface area contributed by atoms with E-state index in [-0.39, 0.29) is 17.2 Å². The second kappa shape index (κ2) is 8.04. The first-order valence-electron chi connectivity index (χ1n) is 11.7. The number of rotatable bonds is 4. The number of nitrogens with one attached hydrogen (secondary N) is 1. The van der Waals surface area contributed by atoms with Crippen LogP contribution >= 0.6 is 0 Å². The normalized spacial score (nSPS) is 20.3. The van der Waals surface area contributed by atoms with Gasteiger partial charge in [-0.1, -0.05) is 0 Å². The maximum Gasteiger partial charge on any atom is 0.417 e. The highest BCUT2D eigenvalue weighted by Gasteiger charge is 2.47. The molecule has 0 aromatic carbocycles. The Balaban J connectivity index is 1.45. The topological polar surface area (TPSA) is 96.8 Å². The zero-order valence-electron chi connectivity index (χ0n) is 19.4. The number of halogens is 3. The molecular formula is C23H27F3N8O. The first kappa shape index (κ1) is 22.5. The van der Waals surface area contributed by atoms with Crippen LogP contribution in [0, 0.1) is 12.3 Å². The number of hydrogen-bond acceptors (Lipinski definition) is 8. The Morgan fingerprint density at radius 3 is 2.57 bits per heavy atom. The Labute approximate surface area is 200 Å². The van der Waals surface area contributed by atoms with Gasteiger partial charge in [0.25, 0.3) is 0 Å². The number of pyridine rings is 1. The molecular weight excluding hydrogens is 461 g/mol. The van der Waals surface area contributed by atoms with Gasteiger partial charge in [-0.25, -0.2) is 14.5 Å². The molecule has 0 amide bonds. The largest absolute Gasteiger partial charge is 0.417 e.